The van der Waals surface area contributed by atoms with Gasteiger partial charge in [0.15, 0.2) is 0 Å². The Hall–Kier alpha value is -3.33. The van der Waals surface area contributed by atoms with Gasteiger partial charge in [-0.3, -0.25) is 9.59 Å². The first-order chi connectivity index (χ1) is 15.1. The number of carbonyl (C=O) groups is 1. The molecule has 2 aromatic carbocycles. The molecule has 0 radical (unpaired) electrons. The number of aromatic amines is 1. The number of halogens is 5. The van der Waals surface area contributed by atoms with E-state index >= 15 is 0 Å². The van der Waals surface area contributed by atoms with Crippen LogP contribution in [-0.2, 0) is 6.18 Å². The van der Waals surface area contributed by atoms with Crippen molar-refractivity contribution in [3.8, 4) is 5.75 Å². The quantitative estimate of drug-likeness (QED) is 0.511. The molecule has 1 aliphatic heterocycles. The van der Waals surface area contributed by atoms with Crippen molar-refractivity contribution >= 4 is 23.2 Å². The predicted octanol–water partition coefficient (Wildman–Crippen LogP) is 5.35. The molecule has 4 rings (SSSR count). The number of pyridine rings is 1. The molecule has 0 bridgehead atoms. The molecule has 0 spiro atoms. The highest BCUT2D eigenvalue weighted by molar-refractivity contribution is 6.32. The number of rotatable bonds is 3. The van der Waals surface area contributed by atoms with E-state index in [2.05, 4.69) is 10.3 Å². The number of nitrogens with one attached hydrogen (secondary N) is 2. The minimum Gasteiger partial charge on any atom is -0.493 e. The molecule has 0 fully saturated rings. The Balaban J connectivity index is 1.85. The Morgan fingerprint density at radius 2 is 1.91 bits per heavy atom. The Kier molecular flexibility index (Phi) is 5.68. The Labute approximate surface area is 184 Å². The van der Waals surface area contributed by atoms with Gasteiger partial charge >= 0.3 is 6.18 Å². The Morgan fingerprint density at radius 3 is 2.62 bits per heavy atom. The van der Waals surface area contributed by atoms with E-state index < -0.39 is 40.0 Å². The van der Waals surface area contributed by atoms with Crippen LogP contribution in [0.4, 0.5) is 23.2 Å². The van der Waals surface area contributed by atoms with Crippen molar-refractivity contribution in [2.75, 3.05) is 11.9 Å². The summed E-state index contributed by atoms with van der Waals surface area (Å²) < 4.78 is 59.8. The van der Waals surface area contributed by atoms with Crippen LogP contribution in [0.15, 0.2) is 53.5 Å². The number of anilines is 1. The van der Waals surface area contributed by atoms with Gasteiger partial charge in [0.25, 0.3) is 5.91 Å². The summed E-state index contributed by atoms with van der Waals surface area (Å²) >= 11 is 5.89. The Morgan fingerprint density at radius 1 is 1.12 bits per heavy atom. The van der Waals surface area contributed by atoms with Crippen molar-refractivity contribution in [2.24, 2.45) is 0 Å². The zero-order valence-electron chi connectivity index (χ0n) is 16.2. The highest BCUT2D eigenvalue weighted by Gasteiger charge is 2.37. The minimum atomic E-state index is -4.75. The molecule has 2 N–H and O–H groups in total. The fourth-order valence-corrected chi connectivity index (χ4v) is 3.97. The smallest absolute Gasteiger partial charge is 0.417 e. The van der Waals surface area contributed by atoms with E-state index in [-0.39, 0.29) is 35.6 Å². The Bertz CT molecular complexity index is 1260. The van der Waals surface area contributed by atoms with Crippen LogP contribution in [0.1, 0.15) is 39.4 Å². The zero-order valence-corrected chi connectivity index (χ0v) is 17.0. The average Bonchev–Trinajstić information content (AvgIpc) is 2.72. The summed E-state index contributed by atoms with van der Waals surface area (Å²) in [6.07, 6.45) is -3.16. The zero-order chi connectivity index (χ0) is 23.0. The van der Waals surface area contributed by atoms with Crippen molar-refractivity contribution in [3.63, 3.8) is 0 Å². The van der Waals surface area contributed by atoms with Gasteiger partial charge in [-0.1, -0.05) is 17.7 Å². The molecule has 166 valence electrons. The third-order valence-electron chi connectivity index (χ3n) is 5.11. The van der Waals surface area contributed by atoms with Crippen LogP contribution in [0.3, 0.4) is 0 Å². The first kappa shape index (κ1) is 21.9. The lowest BCUT2D eigenvalue weighted by Crippen LogP contribution is -2.22. The largest absolute Gasteiger partial charge is 0.493 e. The van der Waals surface area contributed by atoms with Crippen LogP contribution < -0.4 is 15.6 Å². The number of hydrogen-bond donors (Lipinski definition) is 2. The normalized spacial score (nSPS) is 15.6. The number of amides is 1. The molecule has 1 aromatic heterocycles. The summed E-state index contributed by atoms with van der Waals surface area (Å²) in [5, 5.41) is 1.87. The summed E-state index contributed by atoms with van der Waals surface area (Å²) in [6.45, 7) is 0.125. The first-order valence-corrected chi connectivity index (χ1v) is 9.84. The topological polar surface area (TPSA) is 71.2 Å². The van der Waals surface area contributed by atoms with Gasteiger partial charge in [0, 0.05) is 41.1 Å². The maximum atomic E-state index is 13.6. The SMILES string of the molecule is O=C(Nc1cc[nH]c(=O)c1)c1cc(Cl)c(C(F)(F)F)cc1C1CCOc2cc(F)ccc21. The molecule has 2 heterocycles. The van der Waals surface area contributed by atoms with Crippen LogP contribution in [-0.4, -0.2) is 17.5 Å². The summed E-state index contributed by atoms with van der Waals surface area (Å²) in [6, 6.07) is 8.12. The van der Waals surface area contributed by atoms with Crippen molar-refractivity contribution in [2.45, 2.75) is 18.5 Å². The van der Waals surface area contributed by atoms with Gasteiger partial charge in [0.1, 0.15) is 11.6 Å². The molecular weight excluding hydrogens is 452 g/mol. The van der Waals surface area contributed by atoms with Crippen molar-refractivity contribution in [3.05, 3.63) is 92.1 Å². The number of carbonyl (C=O) groups excluding carboxylic acids is 1. The van der Waals surface area contributed by atoms with E-state index in [4.69, 9.17) is 16.3 Å². The number of benzene rings is 2. The second-order valence-corrected chi connectivity index (χ2v) is 7.59. The van der Waals surface area contributed by atoms with Crippen LogP contribution in [0.2, 0.25) is 5.02 Å². The standard InChI is InChI=1S/C22H15ClF4N2O3/c23-18-10-16(21(31)29-12-3-5-28-20(30)8-12)15(9-17(18)22(25,26)27)13-4-6-32-19-7-11(24)1-2-14(13)19/h1-3,5,7-10,13H,4,6H2,(H2,28,29,30,31). The fraction of sp³-hybridized carbons (Fsp3) is 0.182. The van der Waals surface area contributed by atoms with Crippen LogP contribution >= 0.6 is 11.6 Å². The molecule has 1 atom stereocenters. The minimum absolute atomic E-state index is 0.0697. The maximum absolute atomic E-state index is 13.6. The number of alkyl halides is 3. The molecule has 3 aromatic rings. The van der Waals surface area contributed by atoms with E-state index in [1.165, 1.54) is 24.4 Å². The van der Waals surface area contributed by atoms with Crippen molar-refractivity contribution in [1.29, 1.82) is 0 Å². The first-order valence-electron chi connectivity index (χ1n) is 9.46. The highest BCUT2D eigenvalue weighted by Crippen LogP contribution is 2.44. The molecule has 1 aliphatic rings. The molecular formula is C22H15ClF4N2O3. The number of fused-ring (bicyclic) bond motifs is 1. The summed E-state index contributed by atoms with van der Waals surface area (Å²) in [7, 11) is 0. The number of hydrogen-bond acceptors (Lipinski definition) is 3. The van der Waals surface area contributed by atoms with E-state index in [1.54, 1.807) is 0 Å². The van der Waals surface area contributed by atoms with Gasteiger partial charge < -0.3 is 15.0 Å². The molecule has 0 saturated heterocycles. The van der Waals surface area contributed by atoms with Crippen LogP contribution in [0.5, 0.6) is 5.75 Å². The third-order valence-corrected chi connectivity index (χ3v) is 5.43. The predicted molar refractivity (Wildman–Crippen MR) is 110 cm³/mol. The van der Waals surface area contributed by atoms with Crippen molar-refractivity contribution < 1.29 is 27.1 Å². The number of aromatic nitrogens is 1. The monoisotopic (exact) mass is 466 g/mol. The van der Waals surface area contributed by atoms with E-state index in [0.29, 0.717) is 5.56 Å². The van der Waals surface area contributed by atoms with Crippen LogP contribution in [0, 0.1) is 5.82 Å². The highest BCUT2D eigenvalue weighted by atomic mass is 35.5. The third kappa shape index (κ3) is 4.34. The molecule has 0 aliphatic carbocycles. The van der Waals surface area contributed by atoms with Gasteiger partial charge in [0.05, 0.1) is 17.2 Å². The lowest BCUT2D eigenvalue weighted by atomic mass is 9.83. The van der Waals surface area contributed by atoms with Gasteiger partial charge in [-0.25, -0.2) is 4.39 Å². The van der Waals surface area contributed by atoms with Gasteiger partial charge in [-0.05, 0) is 36.2 Å². The lowest BCUT2D eigenvalue weighted by molar-refractivity contribution is -0.137. The second-order valence-electron chi connectivity index (χ2n) is 7.18. The lowest BCUT2D eigenvalue weighted by Gasteiger charge is -2.28. The molecule has 5 nitrogen and oxygen atoms in total. The second kappa shape index (κ2) is 8.31. The van der Waals surface area contributed by atoms with Gasteiger partial charge in [-0.15, -0.1) is 0 Å². The molecule has 1 unspecified atom stereocenters. The van der Waals surface area contributed by atoms with Gasteiger partial charge in [0.2, 0.25) is 5.56 Å². The van der Waals surface area contributed by atoms with Crippen LogP contribution in [0.25, 0.3) is 0 Å². The summed E-state index contributed by atoms with van der Waals surface area (Å²) in [5.41, 5.74) is -0.954. The number of H-pyrrole nitrogens is 1. The number of ether oxygens (including phenoxy) is 1. The molecule has 10 heteroatoms. The van der Waals surface area contributed by atoms with Gasteiger partial charge in [-0.2, -0.15) is 13.2 Å². The van der Waals surface area contributed by atoms with Crippen molar-refractivity contribution in [1.82, 2.24) is 4.98 Å². The van der Waals surface area contributed by atoms with E-state index in [0.717, 1.165) is 24.3 Å². The summed E-state index contributed by atoms with van der Waals surface area (Å²) in [5.74, 6) is -1.76. The average molecular weight is 467 g/mol. The molecule has 32 heavy (non-hydrogen) atoms. The van der Waals surface area contributed by atoms with E-state index in [9.17, 15) is 27.2 Å². The van der Waals surface area contributed by atoms with E-state index in [1.807, 2.05) is 0 Å². The fourth-order valence-electron chi connectivity index (χ4n) is 3.70. The maximum Gasteiger partial charge on any atom is 0.417 e. The molecule has 1 amide bonds. The summed E-state index contributed by atoms with van der Waals surface area (Å²) in [4.78, 5) is 26.9. The molecule has 0 saturated carbocycles.